The van der Waals surface area contributed by atoms with E-state index in [0.717, 1.165) is 30.4 Å². The van der Waals surface area contributed by atoms with Crippen molar-refractivity contribution in [2.75, 3.05) is 0 Å². The molecule has 6 nitrogen and oxygen atoms in total. The summed E-state index contributed by atoms with van der Waals surface area (Å²) in [6, 6.07) is 11.2. The lowest BCUT2D eigenvalue weighted by Gasteiger charge is -2.41. The van der Waals surface area contributed by atoms with Crippen LogP contribution in [0.4, 0.5) is 5.69 Å². The number of aromatic nitrogens is 1. The highest BCUT2D eigenvalue weighted by Gasteiger charge is 2.42. The molecule has 0 aliphatic carbocycles. The lowest BCUT2D eigenvalue weighted by atomic mass is 10.0. The first-order chi connectivity index (χ1) is 14.5. The van der Waals surface area contributed by atoms with Gasteiger partial charge in [-0.15, -0.1) is 0 Å². The van der Waals surface area contributed by atoms with E-state index in [1.807, 2.05) is 30.5 Å². The number of halogens is 1. The maximum Gasteiger partial charge on any atom is 0.269 e. The van der Waals surface area contributed by atoms with Crippen molar-refractivity contribution in [2.24, 2.45) is 0 Å². The predicted octanol–water partition coefficient (Wildman–Crippen LogP) is 6.07. The predicted molar refractivity (Wildman–Crippen MR) is 127 cm³/mol. The number of nitro groups is 1. The Balaban J connectivity index is 1.75. The number of hydrogen-bond acceptors (Lipinski definition) is 5. The minimum Gasteiger partial charge on any atom is -0.408 e. The van der Waals surface area contributed by atoms with Gasteiger partial charge in [0.25, 0.3) is 5.69 Å². The van der Waals surface area contributed by atoms with E-state index in [1.54, 1.807) is 12.1 Å². The van der Waals surface area contributed by atoms with Crippen LogP contribution in [-0.4, -0.2) is 30.3 Å². The highest BCUT2D eigenvalue weighted by Crippen LogP contribution is 2.42. The summed E-state index contributed by atoms with van der Waals surface area (Å²) in [5, 5.41) is 15.2. The second kappa shape index (κ2) is 9.36. The summed E-state index contributed by atoms with van der Waals surface area (Å²) >= 11 is 6.02. The molecule has 2 heterocycles. The number of non-ortho nitro benzene ring substituents is 1. The molecule has 8 heteroatoms. The zero-order chi connectivity index (χ0) is 22.8. The van der Waals surface area contributed by atoms with Gasteiger partial charge in [-0.05, 0) is 54.6 Å². The summed E-state index contributed by atoms with van der Waals surface area (Å²) in [6.45, 7) is 11.3. The van der Waals surface area contributed by atoms with E-state index < -0.39 is 8.32 Å². The fourth-order valence-electron chi connectivity index (χ4n) is 3.72. The Bertz CT molecular complexity index is 898. The highest BCUT2D eigenvalue weighted by atomic mass is 35.5. The Labute approximate surface area is 190 Å². The molecule has 1 saturated heterocycles. The lowest BCUT2D eigenvalue weighted by Crippen LogP contribution is -2.46. The van der Waals surface area contributed by atoms with Crippen molar-refractivity contribution in [1.82, 2.24) is 10.3 Å². The third-order valence-electron chi connectivity index (χ3n) is 6.58. The van der Waals surface area contributed by atoms with Crippen LogP contribution < -0.4 is 5.32 Å². The molecule has 0 saturated carbocycles. The average Bonchev–Trinajstić information content (AvgIpc) is 3.14. The van der Waals surface area contributed by atoms with Crippen LogP contribution in [0.2, 0.25) is 23.3 Å². The summed E-state index contributed by atoms with van der Waals surface area (Å²) in [7, 11) is -2.01. The Morgan fingerprint density at radius 3 is 2.45 bits per heavy atom. The molecule has 1 aromatic carbocycles. The van der Waals surface area contributed by atoms with Gasteiger partial charge in [0, 0.05) is 30.4 Å². The minimum atomic E-state index is -2.01. The highest BCUT2D eigenvalue weighted by molar-refractivity contribution is 6.74. The van der Waals surface area contributed by atoms with Gasteiger partial charge in [-0.25, -0.2) is 4.98 Å². The molecule has 168 valence electrons. The van der Waals surface area contributed by atoms with Gasteiger partial charge in [0.2, 0.25) is 0 Å². The molecule has 31 heavy (non-hydrogen) atoms. The van der Waals surface area contributed by atoms with Crippen molar-refractivity contribution >= 4 is 25.6 Å². The van der Waals surface area contributed by atoms with Crippen LogP contribution in [-0.2, 0) is 10.8 Å². The molecular weight excluding hydrogens is 430 g/mol. The topological polar surface area (TPSA) is 77.3 Å². The summed E-state index contributed by atoms with van der Waals surface area (Å²) in [4.78, 5) is 14.8. The number of hydrogen-bond donors (Lipinski definition) is 1. The normalized spacial score (nSPS) is 20.6. The van der Waals surface area contributed by atoms with Gasteiger partial charge in [-0.3, -0.25) is 10.1 Å². The average molecular weight is 462 g/mol. The summed E-state index contributed by atoms with van der Waals surface area (Å²) in [5.74, 6) is 0. The van der Waals surface area contributed by atoms with E-state index in [2.05, 4.69) is 44.2 Å². The number of nitro benzene ring substituents is 1. The largest absolute Gasteiger partial charge is 0.408 e. The Morgan fingerprint density at radius 1 is 1.23 bits per heavy atom. The van der Waals surface area contributed by atoms with Crippen LogP contribution in [0.25, 0.3) is 0 Å². The van der Waals surface area contributed by atoms with Crippen molar-refractivity contribution < 1.29 is 9.35 Å². The smallest absolute Gasteiger partial charge is 0.269 e. The molecule has 0 amide bonds. The second-order valence-electron chi connectivity index (χ2n) is 9.89. The third-order valence-corrected chi connectivity index (χ3v) is 11.3. The van der Waals surface area contributed by atoms with Gasteiger partial charge in [-0.2, -0.15) is 0 Å². The fourth-order valence-corrected chi connectivity index (χ4v) is 5.12. The molecule has 1 fully saturated rings. The number of nitrogens with one attached hydrogen (secondary N) is 1. The second-order valence-corrected chi connectivity index (χ2v) is 15.0. The summed E-state index contributed by atoms with van der Waals surface area (Å²) in [6.07, 6.45) is 4.60. The zero-order valence-electron chi connectivity index (χ0n) is 18.9. The molecule has 0 unspecified atom stereocenters. The standard InChI is InChI=1S/C23H32ClN3O3Si/c1-23(2,3)31(4,5)30-22(17-8-13-21(24)25-15-17)20-12-9-18(26-20)14-16-6-10-19(11-7-16)27(28)29/h6-8,10-11,13,15,18,20,22,26H,9,12,14H2,1-5H3/t18-,20-,22-/m1/s1. The first-order valence-electron chi connectivity index (χ1n) is 10.7. The van der Waals surface area contributed by atoms with E-state index in [4.69, 9.17) is 16.0 Å². The van der Waals surface area contributed by atoms with Crippen LogP contribution in [0.1, 0.15) is 50.8 Å². The van der Waals surface area contributed by atoms with Gasteiger partial charge in [0.05, 0.1) is 11.0 Å². The van der Waals surface area contributed by atoms with E-state index in [-0.39, 0.29) is 27.8 Å². The minimum absolute atomic E-state index is 0.0903. The third kappa shape index (κ3) is 5.92. The molecule has 0 spiro atoms. The van der Waals surface area contributed by atoms with Crippen LogP contribution >= 0.6 is 11.6 Å². The molecule has 0 radical (unpaired) electrons. The van der Waals surface area contributed by atoms with Crippen molar-refractivity contribution in [3.8, 4) is 0 Å². The van der Waals surface area contributed by atoms with Crippen LogP contribution in [0.5, 0.6) is 0 Å². The SMILES string of the molecule is CC(C)(C)[Si](C)(C)O[C@H](c1ccc(Cl)nc1)[C@H]1CC[C@H](Cc2ccc([N+](=O)[O-])cc2)N1. The van der Waals surface area contributed by atoms with E-state index in [1.165, 1.54) is 0 Å². The Kier molecular flexibility index (Phi) is 7.20. The van der Waals surface area contributed by atoms with E-state index in [9.17, 15) is 10.1 Å². The number of rotatable bonds is 7. The van der Waals surface area contributed by atoms with Crippen LogP contribution in [0, 0.1) is 10.1 Å². The van der Waals surface area contributed by atoms with Gasteiger partial charge < -0.3 is 9.74 Å². The van der Waals surface area contributed by atoms with Crippen molar-refractivity contribution in [3.63, 3.8) is 0 Å². The maximum atomic E-state index is 10.9. The van der Waals surface area contributed by atoms with Crippen LogP contribution in [0.3, 0.4) is 0 Å². The van der Waals surface area contributed by atoms with Gasteiger partial charge >= 0.3 is 0 Å². The van der Waals surface area contributed by atoms with Crippen molar-refractivity contribution in [1.29, 1.82) is 0 Å². The molecule has 0 bridgehead atoms. The van der Waals surface area contributed by atoms with Gasteiger partial charge in [0.1, 0.15) is 5.15 Å². The van der Waals surface area contributed by atoms with Gasteiger partial charge in [-0.1, -0.05) is 50.6 Å². The first-order valence-corrected chi connectivity index (χ1v) is 14.0. The molecule has 1 aliphatic heterocycles. The Morgan fingerprint density at radius 2 is 1.90 bits per heavy atom. The Hall–Kier alpha value is -1.80. The molecule has 2 aromatic rings. The fraction of sp³-hybridized carbons (Fsp3) is 0.522. The molecular formula is C23H32ClN3O3Si. The van der Waals surface area contributed by atoms with Gasteiger partial charge in [0.15, 0.2) is 8.32 Å². The quantitative estimate of drug-likeness (QED) is 0.234. The molecule has 3 atom stereocenters. The van der Waals surface area contributed by atoms with Crippen LogP contribution in [0.15, 0.2) is 42.6 Å². The summed E-state index contributed by atoms with van der Waals surface area (Å²) in [5.41, 5.74) is 2.26. The van der Waals surface area contributed by atoms with E-state index >= 15 is 0 Å². The molecule has 1 aromatic heterocycles. The number of pyridine rings is 1. The van der Waals surface area contributed by atoms with Crippen molar-refractivity contribution in [2.45, 2.75) is 76.4 Å². The molecule has 1 aliphatic rings. The molecule has 1 N–H and O–H groups in total. The van der Waals surface area contributed by atoms with Crippen molar-refractivity contribution in [3.05, 3.63) is 69.0 Å². The monoisotopic (exact) mass is 461 g/mol. The lowest BCUT2D eigenvalue weighted by molar-refractivity contribution is -0.384. The molecule has 3 rings (SSSR count). The number of nitrogens with zero attached hydrogens (tertiary/aromatic N) is 2. The number of benzene rings is 1. The maximum absolute atomic E-state index is 10.9. The first kappa shape index (κ1) is 23.9. The summed E-state index contributed by atoms with van der Waals surface area (Å²) < 4.78 is 6.87. The van der Waals surface area contributed by atoms with E-state index in [0.29, 0.717) is 11.2 Å². The zero-order valence-corrected chi connectivity index (χ0v) is 20.6.